The lowest BCUT2D eigenvalue weighted by molar-refractivity contribution is -0.149. The first-order valence-corrected chi connectivity index (χ1v) is 11.2. The van der Waals surface area contributed by atoms with E-state index in [1.807, 2.05) is 6.92 Å². The fourth-order valence-electron chi connectivity index (χ4n) is 4.04. The molecule has 2 heterocycles. The largest absolute Gasteiger partial charge is 0.466 e. The Hall–Kier alpha value is -1.34. The molecule has 0 bridgehead atoms. The van der Waals surface area contributed by atoms with Gasteiger partial charge in [0.05, 0.1) is 12.5 Å². The number of carbonyl (C=O) groups excluding carboxylic acids is 1. The van der Waals surface area contributed by atoms with Crippen LogP contribution in [0.4, 0.5) is 0 Å². The molecule has 1 N–H and O–H groups in total. The number of nitrogens with one attached hydrogen (secondary N) is 1. The first-order valence-electron chi connectivity index (χ1n) is 11.2. The van der Waals surface area contributed by atoms with Gasteiger partial charge in [0.2, 0.25) is 0 Å². The van der Waals surface area contributed by atoms with Crippen LogP contribution < -0.4 is 5.32 Å². The Morgan fingerprint density at radius 2 is 1.71 bits per heavy atom. The smallest absolute Gasteiger partial charge is 0.309 e. The molecule has 7 nitrogen and oxygen atoms in total. The number of guanidine groups is 1. The molecule has 0 amide bonds. The van der Waals surface area contributed by atoms with Gasteiger partial charge in [-0.25, -0.2) is 0 Å². The van der Waals surface area contributed by atoms with Crippen molar-refractivity contribution < 1.29 is 9.53 Å². The van der Waals surface area contributed by atoms with Gasteiger partial charge in [-0.2, -0.15) is 0 Å². The van der Waals surface area contributed by atoms with E-state index in [-0.39, 0.29) is 11.9 Å². The fraction of sp³-hybridized carbons (Fsp3) is 0.905. The van der Waals surface area contributed by atoms with Gasteiger partial charge in [-0.3, -0.25) is 9.79 Å². The summed E-state index contributed by atoms with van der Waals surface area (Å²) in [6, 6.07) is 0. The summed E-state index contributed by atoms with van der Waals surface area (Å²) in [5.74, 6) is 1.53. The highest BCUT2D eigenvalue weighted by Gasteiger charge is 2.27. The number of rotatable bonds is 8. The van der Waals surface area contributed by atoms with Crippen molar-refractivity contribution in [2.75, 3.05) is 72.1 Å². The first-order chi connectivity index (χ1) is 13.6. The maximum absolute atomic E-state index is 11.9. The molecule has 1 unspecified atom stereocenters. The molecule has 162 valence electrons. The molecule has 2 rings (SSSR count). The second kappa shape index (κ2) is 12.3. The molecule has 0 spiro atoms. The number of hydrogen-bond donors (Lipinski definition) is 1. The van der Waals surface area contributed by atoms with Crippen molar-refractivity contribution in [2.45, 2.75) is 40.5 Å². The number of hydrogen-bond acceptors (Lipinski definition) is 5. The predicted octanol–water partition coefficient (Wildman–Crippen LogP) is 1.50. The van der Waals surface area contributed by atoms with Crippen LogP contribution in [0.1, 0.15) is 40.5 Å². The average Bonchev–Trinajstić information content (AvgIpc) is 2.72. The van der Waals surface area contributed by atoms with Crippen LogP contribution in [0.3, 0.4) is 0 Å². The van der Waals surface area contributed by atoms with Gasteiger partial charge in [0.1, 0.15) is 0 Å². The number of ether oxygens (including phenoxy) is 1. The summed E-state index contributed by atoms with van der Waals surface area (Å²) in [5.41, 5.74) is 0. The molecule has 28 heavy (non-hydrogen) atoms. The molecule has 2 aliphatic rings. The van der Waals surface area contributed by atoms with Crippen LogP contribution in [0.25, 0.3) is 0 Å². The number of likely N-dealkylation sites (N-methyl/N-ethyl adjacent to an activating group) is 1. The molecule has 2 fully saturated rings. The van der Waals surface area contributed by atoms with Crippen molar-refractivity contribution in [3.8, 4) is 0 Å². The van der Waals surface area contributed by atoms with Crippen LogP contribution in [0.5, 0.6) is 0 Å². The van der Waals surface area contributed by atoms with Crippen LogP contribution in [0.15, 0.2) is 4.99 Å². The average molecular weight is 396 g/mol. The van der Waals surface area contributed by atoms with E-state index in [0.717, 1.165) is 58.1 Å². The molecule has 0 radical (unpaired) electrons. The van der Waals surface area contributed by atoms with Crippen LogP contribution in [0.2, 0.25) is 0 Å². The lowest BCUT2D eigenvalue weighted by atomic mass is 9.97. The van der Waals surface area contributed by atoms with Gasteiger partial charge in [-0.1, -0.05) is 13.8 Å². The quantitative estimate of drug-likeness (QED) is 0.382. The molecular formula is C21H41N5O2. The van der Waals surface area contributed by atoms with E-state index in [1.165, 1.54) is 26.2 Å². The highest BCUT2D eigenvalue weighted by atomic mass is 16.5. The Kier molecular flexibility index (Phi) is 10.1. The van der Waals surface area contributed by atoms with Crippen LogP contribution in [0, 0.1) is 11.8 Å². The number of carbonyl (C=O) groups is 1. The van der Waals surface area contributed by atoms with Gasteiger partial charge in [0.25, 0.3) is 0 Å². The zero-order valence-corrected chi connectivity index (χ0v) is 18.5. The summed E-state index contributed by atoms with van der Waals surface area (Å²) in [6.45, 7) is 19.4. The Morgan fingerprint density at radius 1 is 1.07 bits per heavy atom. The molecule has 0 aromatic heterocycles. The molecular weight excluding hydrogens is 354 g/mol. The van der Waals surface area contributed by atoms with Crippen LogP contribution in [-0.4, -0.2) is 98.7 Å². The van der Waals surface area contributed by atoms with Crippen molar-refractivity contribution in [2.24, 2.45) is 16.8 Å². The topological polar surface area (TPSA) is 60.4 Å². The summed E-state index contributed by atoms with van der Waals surface area (Å²) in [5, 5.41) is 3.43. The maximum atomic E-state index is 11.9. The van der Waals surface area contributed by atoms with Crippen LogP contribution in [-0.2, 0) is 9.53 Å². The molecule has 0 aliphatic carbocycles. The normalized spacial score (nSPS) is 21.6. The fourth-order valence-corrected chi connectivity index (χ4v) is 4.04. The molecule has 0 saturated carbocycles. The summed E-state index contributed by atoms with van der Waals surface area (Å²) < 4.78 is 5.18. The Bertz CT molecular complexity index is 483. The third-order valence-electron chi connectivity index (χ3n) is 5.78. The number of esters is 1. The van der Waals surface area contributed by atoms with Crippen molar-refractivity contribution in [3.63, 3.8) is 0 Å². The Labute approximate surface area is 171 Å². The standard InChI is InChI=1S/C21H41N5O2/c1-5-22-21(26-10-8-19(9-11-26)20(27)28-7-3)23-16-18(4)17-25-14-12-24(6-2)13-15-25/h18-19H,5-17H2,1-4H3,(H,22,23). The van der Waals surface area contributed by atoms with Crippen molar-refractivity contribution in [1.82, 2.24) is 20.0 Å². The van der Waals surface area contributed by atoms with Gasteiger partial charge >= 0.3 is 5.97 Å². The first kappa shape index (κ1) is 22.9. The summed E-state index contributed by atoms with van der Waals surface area (Å²) >= 11 is 0. The monoisotopic (exact) mass is 395 g/mol. The van der Waals surface area contributed by atoms with Crippen molar-refractivity contribution >= 4 is 11.9 Å². The lowest BCUT2D eigenvalue weighted by Crippen LogP contribution is -2.48. The Balaban J connectivity index is 1.79. The number of piperidine rings is 1. The SMILES string of the molecule is CCNC(=NCC(C)CN1CCN(CC)CC1)N1CCC(C(=O)OCC)CC1. The van der Waals surface area contributed by atoms with E-state index >= 15 is 0 Å². The second-order valence-electron chi connectivity index (χ2n) is 8.05. The van der Waals surface area contributed by atoms with E-state index in [1.54, 1.807) is 0 Å². The van der Waals surface area contributed by atoms with Crippen molar-refractivity contribution in [3.05, 3.63) is 0 Å². The number of piperazine rings is 1. The van der Waals surface area contributed by atoms with Crippen molar-refractivity contribution in [1.29, 1.82) is 0 Å². The third kappa shape index (κ3) is 7.24. The number of aliphatic imine (C=N–C) groups is 1. The zero-order chi connectivity index (χ0) is 20.4. The highest BCUT2D eigenvalue weighted by molar-refractivity contribution is 5.80. The van der Waals surface area contributed by atoms with E-state index in [9.17, 15) is 4.79 Å². The van der Waals surface area contributed by atoms with Gasteiger partial charge in [-0.15, -0.1) is 0 Å². The number of likely N-dealkylation sites (tertiary alicyclic amines) is 1. The Morgan fingerprint density at radius 3 is 2.29 bits per heavy atom. The van der Waals surface area contributed by atoms with Gasteiger partial charge in [0.15, 0.2) is 5.96 Å². The van der Waals surface area contributed by atoms with Gasteiger partial charge in [0, 0.05) is 58.9 Å². The molecule has 2 saturated heterocycles. The van der Waals surface area contributed by atoms with Gasteiger partial charge < -0.3 is 24.8 Å². The maximum Gasteiger partial charge on any atom is 0.309 e. The second-order valence-corrected chi connectivity index (χ2v) is 8.05. The summed E-state index contributed by atoms with van der Waals surface area (Å²) in [4.78, 5) is 24.3. The number of nitrogens with zero attached hydrogens (tertiary/aromatic N) is 4. The minimum Gasteiger partial charge on any atom is -0.466 e. The third-order valence-corrected chi connectivity index (χ3v) is 5.78. The molecule has 7 heteroatoms. The summed E-state index contributed by atoms with van der Waals surface area (Å²) in [7, 11) is 0. The highest BCUT2D eigenvalue weighted by Crippen LogP contribution is 2.19. The molecule has 1 atom stereocenters. The lowest BCUT2D eigenvalue weighted by Gasteiger charge is -2.35. The summed E-state index contributed by atoms with van der Waals surface area (Å²) in [6.07, 6.45) is 1.70. The van der Waals surface area contributed by atoms with Gasteiger partial charge in [-0.05, 0) is 39.2 Å². The van der Waals surface area contributed by atoms with E-state index in [2.05, 4.69) is 40.8 Å². The van der Waals surface area contributed by atoms with E-state index in [4.69, 9.17) is 9.73 Å². The minimum atomic E-state index is -0.0409. The zero-order valence-electron chi connectivity index (χ0n) is 18.5. The molecule has 0 aromatic carbocycles. The predicted molar refractivity (Wildman–Crippen MR) is 115 cm³/mol. The minimum absolute atomic E-state index is 0.0409. The molecule has 2 aliphatic heterocycles. The van der Waals surface area contributed by atoms with E-state index in [0.29, 0.717) is 12.5 Å². The van der Waals surface area contributed by atoms with E-state index < -0.39 is 0 Å². The van der Waals surface area contributed by atoms with Crippen LogP contribution >= 0.6 is 0 Å². The molecule has 0 aromatic rings.